The van der Waals surface area contributed by atoms with Crippen LogP contribution in [0.5, 0.6) is 5.19 Å². The predicted molar refractivity (Wildman–Crippen MR) is 70.0 cm³/mol. The van der Waals surface area contributed by atoms with Gasteiger partial charge >= 0.3 is 5.69 Å². The molecule has 0 saturated heterocycles. The molecule has 0 unspecified atom stereocenters. The average Bonchev–Trinajstić information content (AvgIpc) is 3.11. The van der Waals surface area contributed by atoms with E-state index in [-0.39, 0.29) is 18.5 Å². The van der Waals surface area contributed by atoms with Gasteiger partial charge in [0, 0.05) is 18.6 Å². The molecule has 3 heterocycles. The number of aromatic nitrogens is 5. The van der Waals surface area contributed by atoms with Crippen LogP contribution in [0, 0.1) is 6.92 Å². The second kappa shape index (κ2) is 4.93. The third-order valence-corrected chi connectivity index (χ3v) is 3.37. The van der Waals surface area contributed by atoms with Crippen molar-refractivity contribution in [3.63, 3.8) is 0 Å². The third-order valence-electron chi connectivity index (χ3n) is 2.74. The summed E-state index contributed by atoms with van der Waals surface area (Å²) in [4.78, 5) is 15.8. The summed E-state index contributed by atoms with van der Waals surface area (Å²) in [5.41, 5.74) is 0.785. The van der Waals surface area contributed by atoms with Crippen LogP contribution in [0.15, 0.2) is 27.0 Å². The molecule has 0 aliphatic carbocycles. The van der Waals surface area contributed by atoms with Crippen LogP contribution in [0.2, 0.25) is 0 Å². The van der Waals surface area contributed by atoms with E-state index in [0.29, 0.717) is 22.2 Å². The van der Waals surface area contributed by atoms with E-state index in [1.807, 2.05) is 0 Å². The van der Waals surface area contributed by atoms with Gasteiger partial charge in [-0.15, -0.1) is 0 Å². The lowest BCUT2D eigenvalue weighted by atomic mass is 10.2. The van der Waals surface area contributed by atoms with E-state index in [9.17, 15) is 4.79 Å². The van der Waals surface area contributed by atoms with Gasteiger partial charge in [-0.05, 0) is 17.4 Å². The molecular formula is C11H11N5O3S. The number of nitrogens with zero attached hydrogens (tertiary/aromatic N) is 5. The molecule has 0 radical (unpaired) electrons. The molecule has 8 nitrogen and oxygen atoms in total. The van der Waals surface area contributed by atoms with Crippen molar-refractivity contribution >= 4 is 11.3 Å². The van der Waals surface area contributed by atoms with Crippen LogP contribution < -0.4 is 10.4 Å². The van der Waals surface area contributed by atoms with Crippen LogP contribution >= 0.6 is 11.3 Å². The quantitative estimate of drug-likeness (QED) is 0.710. The van der Waals surface area contributed by atoms with Crippen molar-refractivity contribution in [2.24, 2.45) is 7.05 Å². The van der Waals surface area contributed by atoms with Crippen LogP contribution in [0.4, 0.5) is 0 Å². The first-order valence-electron chi connectivity index (χ1n) is 6.17. The molecule has 3 rings (SSSR count). The minimum absolute atomic E-state index is 0.157. The maximum atomic E-state index is 11.9. The van der Waals surface area contributed by atoms with E-state index in [0.717, 1.165) is 9.36 Å². The second-order valence-corrected chi connectivity index (χ2v) is 4.80. The highest BCUT2D eigenvalue weighted by molar-refractivity contribution is 7.11. The summed E-state index contributed by atoms with van der Waals surface area (Å²) in [7, 11) is 1.51. The molecule has 0 aliphatic heterocycles. The second-order valence-electron chi connectivity index (χ2n) is 3.98. The fourth-order valence-corrected chi connectivity index (χ4v) is 2.11. The van der Waals surface area contributed by atoms with E-state index >= 15 is 0 Å². The van der Waals surface area contributed by atoms with E-state index in [2.05, 4.69) is 15.4 Å². The van der Waals surface area contributed by atoms with E-state index < -0.39 is 0 Å². The summed E-state index contributed by atoms with van der Waals surface area (Å²) in [6.07, 6.45) is 1.59. The van der Waals surface area contributed by atoms with Gasteiger partial charge in [-0.2, -0.15) is 9.36 Å². The fourth-order valence-electron chi connectivity index (χ4n) is 1.67. The Bertz CT molecular complexity index is 833. The molecule has 0 N–H and O–H groups in total. The normalized spacial score (nSPS) is 11.6. The predicted octanol–water partition coefficient (Wildman–Crippen LogP) is 0.903. The molecular weight excluding hydrogens is 282 g/mol. The van der Waals surface area contributed by atoms with E-state index in [4.69, 9.17) is 10.5 Å². The van der Waals surface area contributed by atoms with Gasteiger partial charge in [0.05, 0.1) is 6.93 Å². The number of tetrazole rings is 1. The van der Waals surface area contributed by atoms with Crippen molar-refractivity contribution in [2.45, 2.75) is 13.5 Å². The van der Waals surface area contributed by atoms with Gasteiger partial charge in [0.25, 0.3) is 5.19 Å². The highest BCUT2D eigenvalue weighted by Crippen LogP contribution is 2.22. The van der Waals surface area contributed by atoms with Crippen molar-refractivity contribution in [3.8, 4) is 10.9 Å². The Morgan fingerprint density at radius 2 is 2.40 bits per heavy atom. The number of ether oxygens (including phenoxy) is 1. The Labute approximate surface area is 118 Å². The standard InChI is InChI=1S/C11H11N5O3S/c1-7-8(5-19-10-12-3-4-20-10)9(6-18-7)16-11(17)15(2)13-14-16/h3-4,6H,5H2,1-2H3/i3T. The first-order chi connectivity index (χ1) is 10.1. The van der Waals surface area contributed by atoms with Crippen molar-refractivity contribution < 1.29 is 10.5 Å². The van der Waals surface area contributed by atoms with Crippen molar-refractivity contribution in [2.75, 3.05) is 0 Å². The summed E-state index contributed by atoms with van der Waals surface area (Å²) < 4.78 is 20.5. The summed E-state index contributed by atoms with van der Waals surface area (Å²) >= 11 is 1.23. The first-order valence-corrected chi connectivity index (χ1v) is 6.55. The highest BCUT2D eigenvalue weighted by atomic mass is 32.1. The number of furan rings is 1. The Kier molecular flexibility index (Phi) is 2.81. The topological polar surface area (TPSA) is 88.0 Å². The van der Waals surface area contributed by atoms with Crippen molar-refractivity contribution in [3.05, 3.63) is 39.6 Å². The van der Waals surface area contributed by atoms with Gasteiger partial charge in [-0.25, -0.2) is 9.78 Å². The average molecular weight is 295 g/mol. The minimum atomic E-state index is -0.375. The Morgan fingerprint density at radius 1 is 1.55 bits per heavy atom. The van der Waals surface area contributed by atoms with Crippen molar-refractivity contribution in [1.29, 1.82) is 0 Å². The van der Waals surface area contributed by atoms with Crippen LogP contribution in [0.1, 0.15) is 12.7 Å². The monoisotopic (exact) mass is 295 g/mol. The smallest absolute Gasteiger partial charge is 0.368 e. The molecule has 0 amide bonds. The Hall–Kier alpha value is -2.42. The summed E-state index contributed by atoms with van der Waals surface area (Å²) in [6, 6.07) is 0. The Morgan fingerprint density at radius 3 is 3.05 bits per heavy atom. The number of thiazole rings is 1. The molecule has 0 spiro atoms. The van der Waals surface area contributed by atoms with Crippen LogP contribution in [0.3, 0.4) is 0 Å². The largest absolute Gasteiger partial charge is 0.467 e. The molecule has 0 fully saturated rings. The maximum absolute atomic E-state index is 11.9. The third kappa shape index (κ3) is 2.11. The molecule has 0 bridgehead atoms. The van der Waals surface area contributed by atoms with Crippen LogP contribution in [0.25, 0.3) is 5.69 Å². The zero-order valence-electron chi connectivity index (χ0n) is 11.7. The van der Waals surface area contributed by atoms with Gasteiger partial charge in [0.2, 0.25) is 0 Å². The fraction of sp³-hybridized carbons (Fsp3) is 0.273. The lowest BCUT2D eigenvalue weighted by Crippen LogP contribution is -2.22. The van der Waals surface area contributed by atoms with Gasteiger partial charge < -0.3 is 9.15 Å². The molecule has 3 aromatic heterocycles. The molecule has 20 heavy (non-hydrogen) atoms. The Balaban J connectivity index is 1.90. The van der Waals surface area contributed by atoms with Gasteiger partial charge in [-0.3, -0.25) is 0 Å². The van der Waals surface area contributed by atoms with Crippen LogP contribution in [-0.4, -0.2) is 24.8 Å². The number of aryl methyl sites for hydroxylation is 2. The summed E-state index contributed by atoms with van der Waals surface area (Å²) in [6.45, 7) is 1.93. The lowest BCUT2D eigenvalue weighted by Gasteiger charge is -2.03. The SMILES string of the molecule is [3H]c1csc(OCc2c(-n3nnn(C)c3=O)coc2C)n1. The van der Waals surface area contributed by atoms with E-state index in [1.54, 1.807) is 12.3 Å². The molecule has 0 aromatic carbocycles. The lowest BCUT2D eigenvalue weighted by molar-refractivity contribution is 0.301. The maximum Gasteiger partial charge on any atom is 0.368 e. The van der Waals surface area contributed by atoms with Gasteiger partial charge in [-0.1, -0.05) is 11.3 Å². The number of rotatable bonds is 4. The van der Waals surface area contributed by atoms with Gasteiger partial charge in [0.1, 0.15) is 24.3 Å². The van der Waals surface area contributed by atoms with Crippen molar-refractivity contribution in [1.82, 2.24) is 24.8 Å². The first kappa shape index (κ1) is 11.4. The molecule has 0 aliphatic rings. The highest BCUT2D eigenvalue weighted by Gasteiger charge is 2.17. The molecule has 3 aromatic rings. The zero-order chi connectivity index (χ0) is 15.0. The summed E-state index contributed by atoms with van der Waals surface area (Å²) in [5.74, 6) is 0.616. The minimum Gasteiger partial charge on any atom is -0.467 e. The number of hydrogen-bond donors (Lipinski definition) is 0. The zero-order valence-corrected chi connectivity index (χ0v) is 11.5. The molecule has 9 heteroatoms. The summed E-state index contributed by atoms with van der Waals surface area (Å²) in [5, 5.41) is 9.40. The van der Waals surface area contributed by atoms with E-state index in [1.165, 1.54) is 24.6 Å². The molecule has 0 atom stereocenters. The van der Waals surface area contributed by atoms with Crippen LogP contribution in [-0.2, 0) is 13.7 Å². The number of hydrogen-bond acceptors (Lipinski definition) is 7. The molecule has 0 saturated carbocycles. The molecule has 104 valence electrons. The van der Waals surface area contributed by atoms with Gasteiger partial charge in [0.15, 0.2) is 0 Å².